The van der Waals surface area contributed by atoms with E-state index in [2.05, 4.69) is 10.2 Å². The van der Waals surface area contributed by atoms with E-state index in [0.29, 0.717) is 6.04 Å². The summed E-state index contributed by atoms with van der Waals surface area (Å²) in [4.78, 5) is 14.7. The van der Waals surface area contributed by atoms with Crippen LogP contribution in [-0.4, -0.2) is 36.0 Å². The SMILES string of the molecule is Cc1ccc(F)c(C(=O)NC2CCN3CCCCC23)c1. The molecule has 0 aromatic heterocycles. The summed E-state index contributed by atoms with van der Waals surface area (Å²) >= 11 is 0. The van der Waals surface area contributed by atoms with Crippen molar-refractivity contribution in [1.29, 1.82) is 0 Å². The Balaban J connectivity index is 1.71. The molecule has 0 radical (unpaired) electrons. The van der Waals surface area contributed by atoms with E-state index in [-0.39, 0.29) is 17.5 Å². The van der Waals surface area contributed by atoms with E-state index in [1.807, 2.05) is 6.92 Å². The third-order valence-corrected chi connectivity index (χ3v) is 4.54. The van der Waals surface area contributed by atoms with E-state index in [1.54, 1.807) is 12.1 Å². The summed E-state index contributed by atoms with van der Waals surface area (Å²) in [7, 11) is 0. The lowest BCUT2D eigenvalue weighted by molar-refractivity contribution is 0.0911. The fourth-order valence-corrected chi connectivity index (χ4v) is 3.47. The molecule has 2 heterocycles. The van der Waals surface area contributed by atoms with Crippen LogP contribution in [0.5, 0.6) is 0 Å². The Morgan fingerprint density at radius 1 is 1.30 bits per heavy atom. The molecule has 2 saturated heterocycles. The van der Waals surface area contributed by atoms with Gasteiger partial charge in [-0.1, -0.05) is 18.1 Å². The molecule has 1 N–H and O–H groups in total. The van der Waals surface area contributed by atoms with Crippen molar-refractivity contribution in [2.24, 2.45) is 0 Å². The highest BCUT2D eigenvalue weighted by atomic mass is 19.1. The molecule has 1 aromatic carbocycles. The zero-order chi connectivity index (χ0) is 14.1. The smallest absolute Gasteiger partial charge is 0.254 e. The number of aryl methyl sites for hydroxylation is 1. The summed E-state index contributed by atoms with van der Waals surface area (Å²) in [5, 5.41) is 3.04. The summed E-state index contributed by atoms with van der Waals surface area (Å²) in [6.45, 7) is 4.05. The number of halogens is 1. The Morgan fingerprint density at radius 3 is 3.00 bits per heavy atom. The van der Waals surface area contributed by atoms with Crippen molar-refractivity contribution in [3.05, 3.63) is 35.1 Å². The lowest BCUT2D eigenvalue weighted by Crippen LogP contribution is -2.46. The van der Waals surface area contributed by atoms with Crippen molar-refractivity contribution >= 4 is 5.91 Å². The lowest BCUT2D eigenvalue weighted by atomic mass is 9.98. The molecule has 1 aromatic rings. The van der Waals surface area contributed by atoms with Crippen molar-refractivity contribution in [3.63, 3.8) is 0 Å². The van der Waals surface area contributed by atoms with Gasteiger partial charge in [0.2, 0.25) is 0 Å². The molecule has 2 atom stereocenters. The predicted molar refractivity (Wildman–Crippen MR) is 76.2 cm³/mol. The second-order valence-corrected chi connectivity index (χ2v) is 5.95. The lowest BCUT2D eigenvalue weighted by Gasteiger charge is -2.32. The van der Waals surface area contributed by atoms with Gasteiger partial charge in [-0.25, -0.2) is 4.39 Å². The number of carbonyl (C=O) groups excluding carboxylic acids is 1. The quantitative estimate of drug-likeness (QED) is 0.900. The first-order valence-corrected chi connectivity index (χ1v) is 7.46. The monoisotopic (exact) mass is 276 g/mol. The summed E-state index contributed by atoms with van der Waals surface area (Å²) in [5.74, 6) is -0.713. The number of benzene rings is 1. The molecule has 0 bridgehead atoms. The second-order valence-electron chi connectivity index (χ2n) is 5.95. The van der Waals surface area contributed by atoms with Gasteiger partial charge in [-0.2, -0.15) is 0 Å². The number of carbonyl (C=O) groups is 1. The van der Waals surface area contributed by atoms with Crippen molar-refractivity contribution in [2.45, 2.75) is 44.7 Å². The van der Waals surface area contributed by atoms with E-state index < -0.39 is 5.82 Å². The number of nitrogens with zero attached hydrogens (tertiary/aromatic N) is 1. The van der Waals surface area contributed by atoms with Gasteiger partial charge in [0.05, 0.1) is 5.56 Å². The molecule has 2 aliphatic heterocycles. The molecular weight excluding hydrogens is 255 g/mol. The van der Waals surface area contributed by atoms with Crippen molar-refractivity contribution in [2.75, 3.05) is 13.1 Å². The first-order valence-electron chi connectivity index (χ1n) is 7.46. The van der Waals surface area contributed by atoms with Gasteiger partial charge in [0, 0.05) is 18.6 Å². The van der Waals surface area contributed by atoms with Gasteiger partial charge in [-0.05, 0) is 44.9 Å². The van der Waals surface area contributed by atoms with Crippen LogP contribution in [0.15, 0.2) is 18.2 Å². The van der Waals surface area contributed by atoms with E-state index in [0.717, 1.165) is 31.5 Å². The zero-order valence-corrected chi connectivity index (χ0v) is 11.9. The average Bonchev–Trinajstić information content (AvgIpc) is 2.85. The fraction of sp³-hybridized carbons (Fsp3) is 0.562. The third-order valence-electron chi connectivity index (χ3n) is 4.54. The molecule has 4 heteroatoms. The van der Waals surface area contributed by atoms with Crippen molar-refractivity contribution in [1.82, 2.24) is 10.2 Å². The standard InChI is InChI=1S/C16H21FN2O/c1-11-5-6-13(17)12(10-11)16(20)18-14-7-9-19-8-3-2-4-15(14)19/h5-6,10,14-15H,2-4,7-9H2,1H3,(H,18,20). The van der Waals surface area contributed by atoms with Crippen LogP contribution in [0, 0.1) is 12.7 Å². The second kappa shape index (κ2) is 5.52. The Bertz CT molecular complexity index is 517. The normalized spacial score (nSPS) is 26.3. The number of amides is 1. The van der Waals surface area contributed by atoms with Crippen molar-refractivity contribution < 1.29 is 9.18 Å². The molecule has 0 spiro atoms. The summed E-state index contributed by atoms with van der Waals surface area (Å²) in [6, 6.07) is 5.29. The Labute approximate surface area is 119 Å². The molecule has 20 heavy (non-hydrogen) atoms. The van der Waals surface area contributed by atoms with E-state index >= 15 is 0 Å². The molecule has 2 aliphatic rings. The van der Waals surface area contributed by atoms with Gasteiger partial charge in [0.25, 0.3) is 5.91 Å². The first-order chi connectivity index (χ1) is 9.65. The topological polar surface area (TPSA) is 32.3 Å². The van der Waals surface area contributed by atoms with Crippen LogP contribution in [0.4, 0.5) is 4.39 Å². The van der Waals surface area contributed by atoms with Gasteiger partial charge in [-0.15, -0.1) is 0 Å². The molecular formula is C16H21FN2O. The molecule has 2 fully saturated rings. The maximum Gasteiger partial charge on any atom is 0.254 e. The molecule has 1 amide bonds. The Morgan fingerprint density at radius 2 is 2.15 bits per heavy atom. The number of piperidine rings is 1. The molecule has 0 aliphatic carbocycles. The van der Waals surface area contributed by atoms with Gasteiger partial charge < -0.3 is 5.32 Å². The van der Waals surface area contributed by atoms with Gasteiger partial charge in [-0.3, -0.25) is 9.69 Å². The van der Waals surface area contributed by atoms with E-state index in [1.165, 1.54) is 18.9 Å². The first kappa shape index (κ1) is 13.6. The molecule has 3 rings (SSSR count). The highest BCUT2D eigenvalue weighted by Gasteiger charge is 2.36. The number of rotatable bonds is 2. The minimum absolute atomic E-state index is 0.166. The minimum atomic E-state index is -0.438. The number of nitrogens with one attached hydrogen (secondary N) is 1. The van der Waals surface area contributed by atoms with Gasteiger partial charge >= 0.3 is 0 Å². The molecule has 108 valence electrons. The largest absolute Gasteiger partial charge is 0.348 e. The number of hydrogen-bond acceptors (Lipinski definition) is 2. The number of hydrogen-bond donors (Lipinski definition) is 1. The van der Waals surface area contributed by atoms with Crippen LogP contribution in [0.1, 0.15) is 41.6 Å². The Kier molecular flexibility index (Phi) is 3.74. The van der Waals surface area contributed by atoms with Crippen LogP contribution >= 0.6 is 0 Å². The zero-order valence-electron chi connectivity index (χ0n) is 11.9. The average molecular weight is 276 g/mol. The van der Waals surface area contributed by atoms with Gasteiger partial charge in [0.1, 0.15) is 5.82 Å². The minimum Gasteiger partial charge on any atom is -0.348 e. The molecule has 2 unspecified atom stereocenters. The third kappa shape index (κ3) is 2.57. The molecule has 0 saturated carbocycles. The predicted octanol–water partition coefficient (Wildman–Crippen LogP) is 2.49. The van der Waals surface area contributed by atoms with E-state index in [4.69, 9.17) is 0 Å². The maximum atomic E-state index is 13.8. The van der Waals surface area contributed by atoms with E-state index in [9.17, 15) is 9.18 Å². The highest BCUT2D eigenvalue weighted by molar-refractivity contribution is 5.94. The van der Waals surface area contributed by atoms with Crippen LogP contribution in [-0.2, 0) is 0 Å². The fourth-order valence-electron chi connectivity index (χ4n) is 3.47. The van der Waals surface area contributed by atoms with Crippen molar-refractivity contribution in [3.8, 4) is 0 Å². The molecule has 3 nitrogen and oxygen atoms in total. The van der Waals surface area contributed by atoms with Gasteiger partial charge in [0.15, 0.2) is 0 Å². The summed E-state index contributed by atoms with van der Waals surface area (Å²) in [6.07, 6.45) is 4.60. The summed E-state index contributed by atoms with van der Waals surface area (Å²) in [5.41, 5.74) is 1.07. The Hall–Kier alpha value is -1.42. The maximum absolute atomic E-state index is 13.8. The highest BCUT2D eigenvalue weighted by Crippen LogP contribution is 2.27. The van der Waals surface area contributed by atoms with Crippen LogP contribution < -0.4 is 5.32 Å². The summed E-state index contributed by atoms with van der Waals surface area (Å²) < 4.78 is 13.8. The van der Waals surface area contributed by atoms with Crippen LogP contribution in [0.3, 0.4) is 0 Å². The van der Waals surface area contributed by atoms with Crippen LogP contribution in [0.25, 0.3) is 0 Å². The van der Waals surface area contributed by atoms with Crippen LogP contribution in [0.2, 0.25) is 0 Å². The number of fused-ring (bicyclic) bond motifs is 1.